The van der Waals surface area contributed by atoms with Gasteiger partial charge in [-0.1, -0.05) is 6.07 Å². The van der Waals surface area contributed by atoms with Gasteiger partial charge in [0.1, 0.15) is 5.75 Å². The van der Waals surface area contributed by atoms with E-state index in [0.29, 0.717) is 5.92 Å². The fourth-order valence-corrected chi connectivity index (χ4v) is 1.98. The van der Waals surface area contributed by atoms with Gasteiger partial charge >= 0.3 is 0 Å². The summed E-state index contributed by atoms with van der Waals surface area (Å²) in [5.74, 6) is 1.57. The molecule has 1 aliphatic rings. The SMILES string of the molecule is Cc1cc2c(cc1C)C(CCN)CO2. The molecule has 14 heavy (non-hydrogen) atoms. The van der Waals surface area contributed by atoms with Crippen molar-refractivity contribution in [3.63, 3.8) is 0 Å². The van der Waals surface area contributed by atoms with E-state index in [0.717, 1.165) is 25.3 Å². The fourth-order valence-electron chi connectivity index (χ4n) is 1.98. The van der Waals surface area contributed by atoms with E-state index in [9.17, 15) is 0 Å². The van der Waals surface area contributed by atoms with Crippen molar-refractivity contribution in [3.8, 4) is 5.75 Å². The van der Waals surface area contributed by atoms with Crippen LogP contribution in [0.3, 0.4) is 0 Å². The molecule has 1 aliphatic heterocycles. The monoisotopic (exact) mass is 191 g/mol. The quantitative estimate of drug-likeness (QED) is 0.777. The maximum atomic E-state index is 5.64. The van der Waals surface area contributed by atoms with Crippen LogP contribution < -0.4 is 10.5 Å². The van der Waals surface area contributed by atoms with Gasteiger partial charge in [-0.05, 0) is 44.0 Å². The van der Waals surface area contributed by atoms with E-state index < -0.39 is 0 Å². The number of rotatable bonds is 2. The summed E-state index contributed by atoms with van der Waals surface area (Å²) in [5.41, 5.74) is 9.57. The van der Waals surface area contributed by atoms with Crippen molar-refractivity contribution in [1.82, 2.24) is 0 Å². The molecule has 0 aromatic heterocycles. The van der Waals surface area contributed by atoms with E-state index in [-0.39, 0.29) is 0 Å². The highest BCUT2D eigenvalue weighted by atomic mass is 16.5. The smallest absolute Gasteiger partial charge is 0.123 e. The van der Waals surface area contributed by atoms with Gasteiger partial charge in [-0.3, -0.25) is 0 Å². The molecule has 0 bridgehead atoms. The minimum Gasteiger partial charge on any atom is -0.493 e. The van der Waals surface area contributed by atoms with Crippen molar-refractivity contribution < 1.29 is 4.74 Å². The lowest BCUT2D eigenvalue weighted by Crippen LogP contribution is -2.08. The second-order valence-corrected chi connectivity index (χ2v) is 4.06. The summed E-state index contributed by atoms with van der Waals surface area (Å²) in [7, 11) is 0. The van der Waals surface area contributed by atoms with Crippen LogP contribution in [0.1, 0.15) is 29.0 Å². The molecule has 0 fully saturated rings. The average Bonchev–Trinajstić information content (AvgIpc) is 2.51. The predicted molar refractivity (Wildman–Crippen MR) is 57.8 cm³/mol. The largest absolute Gasteiger partial charge is 0.493 e. The van der Waals surface area contributed by atoms with E-state index in [4.69, 9.17) is 10.5 Å². The van der Waals surface area contributed by atoms with Crippen LogP contribution in [-0.4, -0.2) is 13.2 Å². The second kappa shape index (κ2) is 3.62. The summed E-state index contributed by atoms with van der Waals surface area (Å²) in [6.07, 6.45) is 1.02. The molecule has 0 radical (unpaired) electrons. The fraction of sp³-hybridized carbons (Fsp3) is 0.500. The summed E-state index contributed by atoms with van der Waals surface area (Å²) in [4.78, 5) is 0. The summed E-state index contributed by atoms with van der Waals surface area (Å²) >= 11 is 0. The zero-order chi connectivity index (χ0) is 10.1. The van der Waals surface area contributed by atoms with Crippen molar-refractivity contribution in [2.45, 2.75) is 26.2 Å². The molecule has 76 valence electrons. The third-order valence-corrected chi connectivity index (χ3v) is 3.02. The molecular formula is C12H17NO. The summed E-state index contributed by atoms with van der Waals surface area (Å²) in [5, 5.41) is 0. The zero-order valence-electron chi connectivity index (χ0n) is 8.84. The number of fused-ring (bicyclic) bond motifs is 1. The molecular weight excluding hydrogens is 174 g/mol. The summed E-state index contributed by atoms with van der Waals surface area (Å²) in [6.45, 7) is 5.80. The Kier molecular flexibility index (Phi) is 2.46. The van der Waals surface area contributed by atoms with E-state index in [2.05, 4.69) is 26.0 Å². The molecule has 2 rings (SSSR count). The van der Waals surface area contributed by atoms with Crippen LogP contribution in [0, 0.1) is 13.8 Å². The molecule has 0 aliphatic carbocycles. The highest BCUT2D eigenvalue weighted by molar-refractivity contribution is 5.46. The Balaban J connectivity index is 2.35. The molecule has 1 aromatic rings. The molecule has 0 spiro atoms. The molecule has 1 unspecified atom stereocenters. The first kappa shape index (κ1) is 9.53. The first-order chi connectivity index (χ1) is 6.72. The van der Waals surface area contributed by atoms with Crippen LogP contribution in [0.15, 0.2) is 12.1 Å². The van der Waals surface area contributed by atoms with Gasteiger partial charge in [0.25, 0.3) is 0 Å². The number of hydrogen-bond acceptors (Lipinski definition) is 2. The summed E-state index contributed by atoms with van der Waals surface area (Å²) in [6, 6.07) is 4.39. The minimum atomic E-state index is 0.509. The van der Waals surface area contributed by atoms with Crippen molar-refractivity contribution in [1.29, 1.82) is 0 Å². The van der Waals surface area contributed by atoms with Crippen LogP contribution in [-0.2, 0) is 0 Å². The van der Waals surface area contributed by atoms with Crippen LogP contribution in [0.2, 0.25) is 0 Å². The van der Waals surface area contributed by atoms with E-state index >= 15 is 0 Å². The topological polar surface area (TPSA) is 35.2 Å². The predicted octanol–water partition coefficient (Wildman–Crippen LogP) is 2.13. The molecule has 1 atom stereocenters. The lowest BCUT2D eigenvalue weighted by Gasteiger charge is -2.08. The Bertz CT molecular complexity index is 346. The highest BCUT2D eigenvalue weighted by Crippen LogP contribution is 2.37. The third-order valence-electron chi connectivity index (χ3n) is 3.02. The Morgan fingerprint density at radius 2 is 2.07 bits per heavy atom. The number of hydrogen-bond donors (Lipinski definition) is 1. The molecule has 2 nitrogen and oxygen atoms in total. The van der Waals surface area contributed by atoms with Crippen LogP contribution in [0.4, 0.5) is 0 Å². The van der Waals surface area contributed by atoms with Gasteiger partial charge in [-0.25, -0.2) is 0 Å². The number of nitrogens with two attached hydrogens (primary N) is 1. The zero-order valence-corrected chi connectivity index (χ0v) is 8.84. The third kappa shape index (κ3) is 1.50. The first-order valence-corrected chi connectivity index (χ1v) is 5.16. The van der Waals surface area contributed by atoms with Crippen molar-refractivity contribution in [2.75, 3.05) is 13.2 Å². The number of ether oxygens (including phenoxy) is 1. The molecule has 1 heterocycles. The van der Waals surface area contributed by atoms with Crippen molar-refractivity contribution in [2.24, 2.45) is 5.73 Å². The summed E-state index contributed by atoms with van der Waals surface area (Å²) < 4.78 is 5.64. The van der Waals surface area contributed by atoms with Gasteiger partial charge in [0.15, 0.2) is 0 Å². The normalized spacial score (nSPS) is 19.2. The maximum absolute atomic E-state index is 5.64. The standard InChI is InChI=1S/C12H17NO/c1-8-5-11-10(3-4-13)7-14-12(11)6-9(8)2/h5-6,10H,3-4,7,13H2,1-2H3. The van der Waals surface area contributed by atoms with E-state index in [1.807, 2.05) is 0 Å². The molecule has 2 heteroatoms. The van der Waals surface area contributed by atoms with Gasteiger partial charge in [-0.15, -0.1) is 0 Å². The van der Waals surface area contributed by atoms with Crippen molar-refractivity contribution in [3.05, 3.63) is 28.8 Å². The second-order valence-electron chi connectivity index (χ2n) is 4.06. The van der Waals surface area contributed by atoms with E-state index in [1.165, 1.54) is 16.7 Å². The lowest BCUT2D eigenvalue weighted by molar-refractivity contribution is 0.326. The lowest BCUT2D eigenvalue weighted by atomic mass is 9.95. The molecule has 0 amide bonds. The average molecular weight is 191 g/mol. The number of aryl methyl sites for hydroxylation is 2. The van der Waals surface area contributed by atoms with Crippen LogP contribution in [0.25, 0.3) is 0 Å². The van der Waals surface area contributed by atoms with Crippen molar-refractivity contribution >= 4 is 0 Å². The van der Waals surface area contributed by atoms with E-state index in [1.54, 1.807) is 0 Å². The molecule has 1 aromatic carbocycles. The number of benzene rings is 1. The maximum Gasteiger partial charge on any atom is 0.123 e. The Labute approximate surface area is 85.1 Å². The molecule has 0 saturated carbocycles. The van der Waals surface area contributed by atoms with Crippen LogP contribution >= 0.6 is 0 Å². The molecule has 2 N–H and O–H groups in total. The Morgan fingerprint density at radius 3 is 2.79 bits per heavy atom. The van der Waals surface area contributed by atoms with Gasteiger partial charge in [0, 0.05) is 11.5 Å². The van der Waals surface area contributed by atoms with Gasteiger partial charge in [0.05, 0.1) is 6.61 Å². The van der Waals surface area contributed by atoms with Gasteiger partial charge < -0.3 is 10.5 Å². The molecule has 0 saturated heterocycles. The minimum absolute atomic E-state index is 0.509. The highest BCUT2D eigenvalue weighted by Gasteiger charge is 2.23. The van der Waals surface area contributed by atoms with Gasteiger partial charge in [0.2, 0.25) is 0 Å². The van der Waals surface area contributed by atoms with Crippen LogP contribution in [0.5, 0.6) is 5.75 Å². The Morgan fingerprint density at radius 1 is 1.36 bits per heavy atom. The van der Waals surface area contributed by atoms with Gasteiger partial charge in [-0.2, -0.15) is 0 Å². The Hall–Kier alpha value is -1.02. The first-order valence-electron chi connectivity index (χ1n) is 5.16.